The fourth-order valence-electron chi connectivity index (χ4n) is 5.43. The van der Waals surface area contributed by atoms with Crippen LogP contribution in [0.5, 0.6) is 0 Å². The number of benzene rings is 6. The number of nitrogens with zero attached hydrogens (tertiary/aromatic N) is 1. The second-order valence-corrected chi connectivity index (χ2v) is 10.0. The molecule has 6 aromatic carbocycles. The highest BCUT2D eigenvalue weighted by Crippen LogP contribution is 2.37. The Labute approximate surface area is 227 Å². The van der Waals surface area contributed by atoms with Gasteiger partial charge in [-0.25, -0.2) is 0 Å². The number of hydrogen-bond acceptors (Lipinski definition) is 0. The molecule has 0 unspecified atom stereocenters. The van der Waals surface area contributed by atoms with Crippen LogP contribution in [-0.2, 0) is 0 Å². The van der Waals surface area contributed by atoms with Gasteiger partial charge in [-0.3, -0.25) is 0 Å². The van der Waals surface area contributed by atoms with Crippen molar-refractivity contribution in [3.05, 3.63) is 151 Å². The monoisotopic (exact) mass is 505 g/mol. The molecule has 0 atom stereocenters. The standard InChI is InChI=1S/C36H24ClN/c37-31-15-9-14-27(21-31)28-18-19-34-33-16-7-8-17-35(33)38(36(34)24-28)32-22-29(25-10-3-1-4-11-25)20-30(23-32)26-12-5-2-6-13-26/h1-24H. The molecule has 0 spiro atoms. The van der Waals surface area contributed by atoms with Crippen molar-refractivity contribution in [1.82, 2.24) is 4.57 Å². The van der Waals surface area contributed by atoms with Crippen LogP contribution >= 0.6 is 11.6 Å². The van der Waals surface area contributed by atoms with Gasteiger partial charge in [-0.05, 0) is 75.8 Å². The number of hydrogen-bond donors (Lipinski definition) is 0. The Morgan fingerprint density at radius 3 is 1.63 bits per heavy atom. The van der Waals surface area contributed by atoms with E-state index >= 15 is 0 Å². The molecule has 0 aliphatic heterocycles. The molecule has 0 aliphatic carbocycles. The van der Waals surface area contributed by atoms with Crippen molar-refractivity contribution < 1.29 is 0 Å². The molecule has 1 nitrogen and oxygen atoms in total. The molecule has 0 bridgehead atoms. The topological polar surface area (TPSA) is 4.93 Å². The Morgan fingerprint density at radius 2 is 0.947 bits per heavy atom. The molecular weight excluding hydrogens is 482 g/mol. The van der Waals surface area contributed by atoms with Crippen molar-refractivity contribution in [2.75, 3.05) is 0 Å². The van der Waals surface area contributed by atoms with Crippen LogP contribution in [0.15, 0.2) is 146 Å². The van der Waals surface area contributed by atoms with E-state index in [0.717, 1.165) is 21.8 Å². The van der Waals surface area contributed by atoms with E-state index in [4.69, 9.17) is 11.6 Å². The van der Waals surface area contributed by atoms with Crippen LogP contribution in [0.1, 0.15) is 0 Å². The summed E-state index contributed by atoms with van der Waals surface area (Å²) in [5.41, 5.74) is 10.5. The second kappa shape index (κ2) is 9.37. The first-order chi connectivity index (χ1) is 18.7. The number of aromatic nitrogens is 1. The second-order valence-electron chi connectivity index (χ2n) is 9.60. The fraction of sp³-hybridized carbons (Fsp3) is 0. The maximum Gasteiger partial charge on any atom is 0.0547 e. The SMILES string of the molecule is Clc1cccc(-c2ccc3c4ccccc4n(-c4cc(-c5ccccc5)cc(-c5ccccc5)c4)c3c2)c1. The third kappa shape index (κ3) is 3.98. The zero-order valence-electron chi connectivity index (χ0n) is 20.7. The van der Waals surface area contributed by atoms with Crippen LogP contribution in [0.3, 0.4) is 0 Å². The quantitative estimate of drug-likeness (QED) is 0.224. The van der Waals surface area contributed by atoms with E-state index in [-0.39, 0.29) is 0 Å². The van der Waals surface area contributed by atoms with Gasteiger partial charge in [0.1, 0.15) is 0 Å². The lowest BCUT2D eigenvalue weighted by atomic mass is 9.98. The van der Waals surface area contributed by atoms with Crippen molar-refractivity contribution in [2.45, 2.75) is 0 Å². The predicted molar refractivity (Wildman–Crippen MR) is 162 cm³/mol. The maximum absolute atomic E-state index is 6.35. The van der Waals surface area contributed by atoms with E-state index in [9.17, 15) is 0 Å². The first kappa shape index (κ1) is 22.6. The lowest BCUT2D eigenvalue weighted by Gasteiger charge is -2.14. The molecule has 1 heterocycles. The molecule has 0 N–H and O–H groups in total. The van der Waals surface area contributed by atoms with E-state index in [2.05, 4.69) is 132 Å². The molecular formula is C36H24ClN. The summed E-state index contributed by atoms with van der Waals surface area (Å²) in [5.74, 6) is 0. The van der Waals surface area contributed by atoms with Gasteiger partial charge in [0.15, 0.2) is 0 Å². The van der Waals surface area contributed by atoms with Gasteiger partial charge in [0, 0.05) is 21.5 Å². The molecule has 7 rings (SSSR count). The molecule has 38 heavy (non-hydrogen) atoms. The molecule has 2 heteroatoms. The minimum Gasteiger partial charge on any atom is -0.309 e. The van der Waals surface area contributed by atoms with E-state index in [0.29, 0.717) is 0 Å². The number of fused-ring (bicyclic) bond motifs is 3. The van der Waals surface area contributed by atoms with Crippen LogP contribution in [0.25, 0.3) is 60.9 Å². The normalized spacial score (nSPS) is 11.3. The third-order valence-electron chi connectivity index (χ3n) is 7.22. The Bertz CT molecular complexity index is 1860. The van der Waals surface area contributed by atoms with Crippen molar-refractivity contribution >= 4 is 33.4 Å². The van der Waals surface area contributed by atoms with Gasteiger partial charge < -0.3 is 4.57 Å². The molecule has 0 fully saturated rings. The van der Waals surface area contributed by atoms with E-state index < -0.39 is 0 Å². The Kier molecular flexibility index (Phi) is 5.57. The predicted octanol–water partition coefficient (Wildman–Crippen LogP) is 10.4. The highest BCUT2D eigenvalue weighted by atomic mass is 35.5. The summed E-state index contributed by atoms with van der Waals surface area (Å²) in [7, 11) is 0. The summed E-state index contributed by atoms with van der Waals surface area (Å²) < 4.78 is 2.40. The number of halogens is 1. The summed E-state index contributed by atoms with van der Waals surface area (Å²) in [6.07, 6.45) is 0. The van der Waals surface area contributed by atoms with Gasteiger partial charge in [-0.1, -0.05) is 115 Å². The van der Waals surface area contributed by atoms with Crippen molar-refractivity contribution in [3.8, 4) is 39.1 Å². The molecule has 1 aromatic heterocycles. The molecule has 0 amide bonds. The van der Waals surface area contributed by atoms with E-state index in [1.807, 2.05) is 18.2 Å². The first-order valence-electron chi connectivity index (χ1n) is 12.8. The zero-order chi connectivity index (χ0) is 25.5. The van der Waals surface area contributed by atoms with E-state index in [1.165, 1.54) is 44.1 Å². The Morgan fingerprint density at radius 1 is 0.368 bits per heavy atom. The first-order valence-corrected chi connectivity index (χ1v) is 13.2. The largest absolute Gasteiger partial charge is 0.309 e. The lowest BCUT2D eigenvalue weighted by Crippen LogP contribution is -1.96. The van der Waals surface area contributed by atoms with Gasteiger partial charge in [0.25, 0.3) is 0 Å². The van der Waals surface area contributed by atoms with Gasteiger partial charge in [0.2, 0.25) is 0 Å². The third-order valence-corrected chi connectivity index (χ3v) is 7.46. The maximum atomic E-state index is 6.35. The van der Waals surface area contributed by atoms with Crippen molar-refractivity contribution in [2.24, 2.45) is 0 Å². The Balaban J connectivity index is 1.54. The molecule has 7 aromatic rings. The Hall–Kier alpha value is -4.59. The van der Waals surface area contributed by atoms with Crippen LogP contribution < -0.4 is 0 Å². The van der Waals surface area contributed by atoms with E-state index in [1.54, 1.807) is 0 Å². The van der Waals surface area contributed by atoms with Crippen molar-refractivity contribution in [1.29, 1.82) is 0 Å². The average Bonchev–Trinajstić information content (AvgIpc) is 3.31. The zero-order valence-corrected chi connectivity index (χ0v) is 21.4. The molecule has 0 saturated heterocycles. The van der Waals surface area contributed by atoms with Crippen LogP contribution in [-0.4, -0.2) is 4.57 Å². The minimum atomic E-state index is 0.742. The van der Waals surface area contributed by atoms with Crippen LogP contribution in [0, 0.1) is 0 Å². The number of rotatable bonds is 4. The minimum absolute atomic E-state index is 0.742. The van der Waals surface area contributed by atoms with Gasteiger partial charge in [-0.2, -0.15) is 0 Å². The summed E-state index contributed by atoms with van der Waals surface area (Å²) >= 11 is 6.35. The average molecular weight is 506 g/mol. The van der Waals surface area contributed by atoms with Gasteiger partial charge in [-0.15, -0.1) is 0 Å². The molecule has 180 valence electrons. The fourth-order valence-corrected chi connectivity index (χ4v) is 5.62. The highest BCUT2D eigenvalue weighted by Gasteiger charge is 2.15. The van der Waals surface area contributed by atoms with Crippen LogP contribution in [0.4, 0.5) is 0 Å². The molecule has 0 aliphatic rings. The highest BCUT2D eigenvalue weighted by molar-refractivity contribution is 6.30. The molecule has 0 saturated carbocycles. The van der Waals surface area contributed by atoms with Crippen LogP contribution in [0.2, 0.25) is 5.02 Å². The van der Waals surface area contributed by atoms with Gasteiger partial charge in [0.05, 0.1) is 11.0 Å². The van der Waals surface area contributed by atoms with Gasteiger partial charge >= 0.3 is 0 Å². The lowest BCUT2D eigenvalue weighted by molar-refractivity contribution is 1.18. The van der Waals surface area contributed by atoms with Crippen molar-refractivity contribution in [3.63, 3.8) is 0 Å². The number of para-hydroxylation sites is 1. The summed E-state index contributed by atoms with van der Waals surface area (Å²) in [5, 5.41) is 3.22. The summed E-state index contributed by atoms with van der Waals surface area (Å²) in [6.45, 7) is 0. The molecule has 0 radical (unpaired) electrons. The summed E-state index contributed by atoms with van der Waals surface area (Å²) in [6, 6.07) is 51.6. The smallest absolute Gasteiger partial charge is 0.0547 e. The summed E-state index contributed by atoms with van der Waals surface area (Å²) in [4.78, 5) is 0.